The van der Waals surface area contributed by atoms with Gasteiger partial charge in [-0.25, -0.2) is 10.4 Å². The molecule has 2 N–H and O–H groups in total. The average molecular weight is 404 g/mol. The first kappa shape index (κ1) is 19.0. The number of anilines is 2. The summed E-state index contributed by atoms with van der Waals surface area (Å²) in [5, 5.41) is 8.34. The molecule has 0 saturated carbocycles. The molecular weight excluding hydrogens is 378 g/mol. The Morgan fingerprint density at radius 2 is 2.11 bits per heavy atom. The van der Waals surface area contributed by atoms with Gasteiger partial charge in [-0.2, -0.15) is 10.1 Å². The number of ether oxygens (including phenoxy) is 1. The van der Waals surface area contributed by atoms with Gasteiger partial charge in [0.1, 0.15) is 10.6 Å². The SMILES string of the molecule is CC/C=N/Nc1nc(N2CCOCC2)c2cc(C(=O)N3CCNCC3)sc2n1. The molecule has 0 atom stereocenters. The number of piperazine rings is 1. The molecule has 28 heavy (non-hydrogen) atoms. The molecule has 2 aliphatic rings. The van der Waals surface area contributed by atoms with E-state index in [0.717, 1.165) is 61.7 Å². The molecule has 2 aliphatic heterocycles. The summed E-state index contributed by atoms with van der Waals surface area (Å²) in [4.78, 5) is 27.8. The van der Waals surface area contributed by atoms with Crippen molar-refractivity contribution in [2.45, 2.75) is 13.3 Å². The van der Waals surface area contributed by atoms with E-state index in [1.165, 1.54) is 11.3 Å². The lowest BCUT2D eigenvalue weighted by atomic mass is 10.2. The standard InChI is InChI=1S/C18H25N7O2S/c1-2-3-20-23-18-21-15(24-8-10-27-11-9-24)13-12-14(28-16(13)22-18)17(26)25-6-4-19-5-7-25/h3,12,19H,2,4-11H2,1H3,(H,21,22,23)/b20-3+. The number of aromatic nitrogens is 2. The number of fused-ring (bicyclic) bond motifs is 1. The second-order valence-electron chi connectivity index (χ2n) is 6.67. The van der Waals surface area contributed by atoms with Crippen molar-refractivity contribution in [3.8, 4) is 0 Å². The molecule has 0 spiro atoms. The van der Waals surface area contributed by atoms with Crippen LogP contribution in [0, 0.1) is 0 Å². The summed E-state index contributed by atoms with van der Waals surface area (Å²) in [6.45, 7) is 8.00. The van der Waals surface area contributed by atoms with Crippen LogP contribution in [0.25, 0.3) is 10.2 Å². The maximum absolute atomic E-state index is 12.9. The third-order valence-corrected chi connectivity index (χ3v) is 5.75. The smallest absolute Gasteiger partial charge is 0.264 e. The van der Waals surface area contributed by atoms with E-state index in [9.17, 15) is 4.79 Å². The van der Waals surface area contributed by atoms with Crippen molar-refractivity contribution in [3.05, 3.63) is 10.9 Å². The number of carbonyl (C=O) groups excluding carboxylic acids is 1. The number of nitrogens with zero attached hydrogens (tertiary/aromatic N) is 5. The summed E-state index contributed by atoms with van der Waals surface area (Å²) in [7, 11) is 0. The van der Waals surface area contributed by atoms with E-state index in [1.54, 1.807) is 6.21 Å². The minimum Gasteiger partial charge on any atom is -0.378 e. The highest BCUT2D eigenvalue weighted by Crippen LogP contribution is 2.33. The fourth-order valence-corrected chi connectivity index (χ4v) is 4.29. The van der Waals surface area contributed by atoms with Crippen LogP contribution in [0.4, 0.5) is 11.8 Å². The van der Waals surface area contributed by atoms with Gasteiger partial charge in [-0.15, -0.1) is 11.3 Å². The quantitative estimate of drug-likeness (QED) is 0.575. The van der Waals surface area contributed by atoms with Gasteiger partial charge < -0.3 is 19.9 Å². The normalized spacial score (nSPS) is 18.2. The number of thiophene rings is 1. The summed E-state index contributed by atoms with van der Waals surface area (Å²) in [5.41, 5.74) is 2.91. The fourth-order valence-electron chi connectivity index (χ4n) is 3.30. The number of morpholine rings is 1. The predicted molar refractivity (Wildman–Crippen MR) is 112 cm³/mol. The topological polar surface area (TPSA) is 95.0 Å². The van der Waals surface area contributed by atoms with Crippen LogP contribution in [0.2, 0.25) is 0 Å². The molecule has 2 fully saturated rings. The van der Waals surface area contributed by atoms with Crippen LogP contribution in [0.15, 0.2) is 11.2 Å². The zero-order valence-electron chi connectivity index (χ0n) is 16.0. The summed E-state index contributed by atoms with van der Waals surface area (Å²) < 4.78 is 5.48. The second-order valence-corrected chi connectivity index (χ2v) is 7.70. The van der Waals surface area contributed by atoms with E-state index in [4.69, 9.17) is 4.74 Å². The van der Waals surface area contributed by atoms with Gasteiger partial charge in [0, 0.05) is 45.5 Å². The van der Waals surface area contributed by atoms with E-state index < -0.39 is 0 Å². The first-order valence-electron chi connectivity index (χ1n) is 9.68. The predicted octanol–water partition coefficient (Wildman–Crippen LogP) is 1.38. The average Bonchev–Trinajstić information content (AvgIpc) is 3.18. The van der Waals surface area contributed by atoms with Crippen molar-refractivity contribution in [2.75, 3.05) is 62.8 Å². The number of hydrogen-bond acceptors (Lipinski definition) is 9. The zero-order valence-corrected chi connectivity index (χ0v) is 16.8. The Kier molecular flexibility index (Phi) is 5.98. The van der Waals surface area contributed by atoms with Crippen LogP contribution >= 0.6 is 11.3 Å². The lowest BCUT2D eigenvalue weighted by molar-refractivity contribution is 0.0741. The highest BCUT2D eigenvalue weighted by molar-refractivity contribution is 7.20. The van der Waals surface area contributed by atoms with Crippen molar-refractivity contribution in [1.29, 1.82) is 0 Å². The lowest BCUT2D eigenvalue weighted by Crippen LogP contribution is -2.46. The first-order valence-corrected chi connectivity index (χ1v) is 10.5. The third-order valence-electron chi connectivity index (χ3n) is 4.74. The Morgan fingerprint density at radius 1 is 1.32 bits per heavy atom. The fraction of sp³-hybridized carbons (Fsp3) is 0.556. The van der Waals surface area contributed by atoms with Gasteiger partial charge in [0.25, 0.3) is 5.91 Å². The molecular formula is C18H25N7O2S. The molecule has 0 radical (unpaired) electrons. The van der Waals surface area contributed by atoms with Gasteiger partial charge in [-0.3, -0.25) is 4.79 Å². The van der Waals surface area contributed by atoms with E-state index >= 15 is 0 Å². The molecule has 9 nitrogen and oxygen atoms in total. The van der Waals surface area contributed by atoms with Gasteiger partial charge in [-0.1, -0.05) is 6.92 Å². The lowest BCUT2D eigenvalue weighted by Gasteiger charge is -2.28. The summed E-state index contributed by atoms with van der Waals surface area (Å²) in [6, 6.07) is 1.94. The minimum atomic E-state index is 0.0657. The Labute approximate surface area is 167 Å². The van der Waals surface area contributed by atoms with E-state index in [-0.39, 0.29) is 5.91 Å². The number of hydrazone groups is 1. The van der Waals surface area contributed by atoms with E-state index in [1.807, 2.05) is 17.9 Å². The van der Waals surface area contributed by atoms with E-state index in [2.05, 4.69) is 30.7 Å². The van der Waals surface area contributed by atoms with Gasteiger partial charge in [0.05, 0.1) is 23.5 Å². The van der Waals surface area contributed by atoms with Crippen molar-refractivity contribution in [1.82, 2.24) is 20.2 Å². The molecule has 0 aromatic carbocycles. The summed E-state index contributed by atoms with van der Waals surface area (Å²) in [6.07, 6.45) is 2.60. The van der Waals surface area contributed by atoms with Gasteiger partial charge in [-0.05, 0) is 12.5 Å². The van der Waals surface area contributed by atoms with E-state index in [0.29, 0.717) is 24.0 Å². The van der Waals surface area contributed by atoms with Crippen LogP contribution in [0.3, 0.4) is 0 Å². The molecule has 0 bridgehead atoms. The van der Waals surface area contributed by atoms with Crippen LogP contribution in [0.1, 0.15) is 23.0 Å². The molecule has 10 heteroatoms. The molecule has 1 amide bonds. The largest absolute Gasteiger partial charge is 0.378 e. The zero-order chi connectivity index (χ0) is 19.3. The summed E-state index contributed by atoms with van der Waals surface area (Å²) in [5.74, 6) is 1.34. The van der Waals surface area contributed by atoms with Crippen molar-refractivity contribution >= 4 is 45.4 Å². The number of nitrogens with one attached hydrogen (secondary N) is 2. The molecule has 4 heterocycles. The molecule has 2 aromatic rings. The number of carbonyl (C=O) groups is 1. The molecule has 2 saturated heterocycles. The molecule has 4 rings (SSSR count). The molecule has 0 unspecified atom stereocenters. The maximum Gasteiger partial charge on any atom is 0.264 e. The van der Waals surface area contributed by atoms with Gasteiger partial charge in [0.15, 0.2) is 0 Å². The molecule has 150 valence electrons. The van der Waals surface area contributed by atoms with Gasteiger partial charge >= 0.3 is 0 Å². The highest BCUT2D eigenvalue weighted by Gasteiger charge is 2.24. The Hall–Kier alpha value is -2.30. The van der Waals surface area contributed by atoms with Crippen molar-refractivity contribution in [3.63, 3.8) is 0 Å². The van der Waals surface area contributed by atoms with Gasteiger partial charge in [0.2, 0.25) is 5.95 Å². The van der Waals surface area contributed by atoms with Crippen LogP contribution in [-0.4, -0.2) is 79.5 Å². The van der Waals surface area contributed by atoms with Crippen LogP contribution in [-0.2, 0) is 4.74 Å². The number of rotatable bonds is 5. The Morgan fingerprint density at radius 3 is 2.86 bits per heavy atom. The first-order chi connectivity index (χ1) is 13.8. The monoisotopic (exact) mass is 403 g/mol. The van der Waals surface area contributed by atoms with Crippen LogP contribution < -0.4 is 15.6 Å². The summed E-state index contributed by atoms with van der Waals surface area (Å²) >= 11 is 1.42. The van der Waals surface area contributed by atoms with Crippen LogP contribution in [0.5, 0.6) is 0 Å². The maximum atomic E-state index is 12.9. The second kappa shape index (κ2) is 8.80. The Bertz CT molecular complexity index is 857. The molecule has 0 aliphatic carbocycles. The van der Waals surface area contributed by atoms with Crippen molar-refractivity contribution in [2.24, 2.45) is 5.10 Å². The number of amides is 1. The third kappa shape index (κ3) is 4.08. The highest BCUT2D eigenvalue weighted by atomic mass is 32.1. The molecule has 2 aromatic heterocycles. The van der Waals surface area contributed by atoms with Crippen molar-refractivity contribution < 1.29 is 9.53 Å². The Balaban J connectivity index is 1.69. The minimum absolute atomic E-state index is 0.0657. The number of hydrogen-bond donors (Lipinski definition) is 2.